The number of terminal acetylenes is 1. The van der Waals surface area contributed by atoms with Crippen molar-refractivity contribution in [3.63, 3.8) is 0 Å². The molecule has 0 N–H and O–H groups in total. The smallest absolute Gasteiger partial charge is 0.264 e. The molecule has 0 saturated carbocycles. The number of nitrogens with zero attached hydrogens (tertiary/aromatic N) is 1. The Morgan fingerprint density at radius 3 is 2.52 bits per heavy atom. The molecular weight excluding hydrogens is 306 g/mol. The van der Waals surface area contributed by atoms with Crippen LogP contribution in [0.25, 0.3) is 16.5 Å². The minimum absolute atomic E-state index is 0.0125. The molecule has 0 radical (unpaired) electrons. The zero-order chi connectivity index (χ0) is 17.4. The zero-order valence-electron chi connectivity index (χ0n) is 14.5. The van der Waals surface area contributed by atoms with Gasteiger partial charge in [0.25, 0.3) is 5.56 Å². The Balaban J connectivity index is 2.25. The zero-order valence-corrected chi connectivity index (χ0v) is 14.5. The van der Waals surface area contributed by atoms with Gasteiger partial charge in [0.2, 0.25) is 0 Å². The third kappa shape index (κ3) is 2.39. The molecule has 3 aromatic rings. The van der Waals surface area contributed by atoms with Gasteiger partial charge in [-0.15, -0.1) is 6.42 Å². The quantitative estimate of drug-likeness (QED) is 0.639. The van der Waals surface area contributed by atoms with Crippen molar-refractivity contribution in [1.29, 1.82) is 0 Å². The molecule has 0 bridgehead atoms. The standard InChI is InChI=1S/C23H21NO/c1-3-16-14-15-17-10-8-9-13-19-20(4-2)24(18-11-6-5-7-12-18)23(25)22(16)21(17)19/h1,5-7,11-12,14-15H,4,8-10,13H2,2H3. The van der Waals surface area contributed by atoms with Gasteiger partial charge < -0.3 is 0 Å². The van der Waals surface area contributed by atoms with Crippen molar-refractivity contribution in [2.24, 2.45) is 0 Å². The molecule has 124 valence electrons. The highest BCUT2D eigenvalue weighted by atomic mass is 16.1. The molecule has 0 saturated heterocycles. The second kappa shape index (κ2) is 6.26. The van der Waals surface area contributed by atoms with E-state index in [1.807, 2.05) is 41.0 Å². The molecule has 2 nitrogen and oxygen atoms in total. The Hall–Kier alpha value is -2.79. The molecule has 2 aromatic carbocycles. The summed E-state index contributed by atoms with van der Waals surface area (Å²) >= 11 is 0. The maximum atomic E-state index is 13.5. The van der Waals surface area contributed by atoms with Crippen LogP contribution in [0, 0.1) is 12.3 Å². The van der Waals surface area contributed by atoms with Gasteiger partial charge in [0.15, 0.2) is 0 Å². The summed E-state index contributed by atoms with van der Waals surface area (Å²) in [5.41, 5.74) is 5.35. The number of benzene rings is 2. The van der Waals surface area contributed by atoms with E-state index in [9.17, 15) is 4.79 Å². The summed E-state index contributed by atoms with van der Waals surface area (Å²) in [6.45, 7) is 2.13. The van der Waals surface area contributed by atoms with Gasteiger partial charge in [-0.25, -0.2) is 0 Å². The second-order valence-corrected chi connectivity index (χ2v) is 6.63. The van der Waals surface area contributed by atoms with Crippen molar-refractivity contribution < 1.29 is 0 Å². The van der Waals surface area contributed by atoms with Crippen LogP contribution in [0.3, 0.4) is 0 Å². The van der Waals surface area contributed by atoms with E-state index in [0.717, 1.165) is 54.3 Å². The van der Waals surface area contributed by atoms with Crippen molar-refractivity contribution in [2.45, 2.75) is 39.0 Å². The monoisotopic (exact) mass is 327 g/mol. The summed E-state index contributed by atoms with van der Waals surface area (Å²) in [5.74, 6) is 2.74. The molecule has 1 aromatic heterocycles. The Morgan fingerprint density at radius 2 is 1.80 bits per heavy atom. The summed E-state index contributed by atoms with van der Waals surface area (Å²) in [6.07, 6.45) is 10.9. The molecule has 0 fully saturated rings. The number of hydrogen-bond acceptors (Lipinski definition) is 1. The van der Waals surface area contributed by atoms with E-state index in [-0.39, 0.29) is 5.56 Å². The fourth-order valence-electron chi connectivity index (χ4n) is 4.16. The summed E-state index contributed by atoms with van der Waals surface area (Å²) in [5, 5.41) is 1.85. The van der Waals surface area contributed by atoms with Crippen molar-refractivity contribution in [3.05, 3.63) is 75.2 Å². The number of pyridine rings is 1. The second-order valence-electron chi connectivity index (χ2n) is 6.63. The fraction of sp³-hybridized carbons (Fsp3) is 0.261. The first-order chi connectivity index (χ1) is 12.3. The lowest BCUT2D eigenvalue weighted by Crippen LogP contribution is -2.25. The third-order valence-corrected chi connectivity index (χ3v) is 5.26. The third-order valence-electron chi connectivity index (χ3n) is 5.26. The highest BCUT2D eigenvalue weighted by molar-refractivity contribution is 5.94. The molecular formula is C23H21NO. The number of hydrogen-bond donors (Lipinski definition) is 0. The normalized spacial score (nSPS) is 13.4. The van der Waals surface area contributed by atoms with Gasteiger partial charge in [0.05, 0.1) is 5.39 Å². The molecule has 0 amide bonds. The highest BCUT2D eigenvalue weighted by Crippen LogP contribution is 2.32. The summed E-state index contributed by atoms with van der Waals surface area (Å²) < 4.78 is 1.88. The van der Waals surface area contributed by atoms with Crippen LogP contribution >= 0.6 is 0 Å². The van der Waals surface area contributed by atoms with Crippen molar-refractivity contribution in [2.75, 3.05) is 0 Å². The first kappa shape index (κ1) is 15.7. The lowest BCUT2D eigenvalue weighted by molar-refractivity contribution is 0.740. The van der Waals surface area contributed by atoms with E-state index in [2.05, 4.69) is 18.9 Å². The average Bonchev–Trinajstić information content (AvgIpc) is 2.87. The molecule has 0 aliphatic heterocycles. The summed E-state index contributed by atoms with van der Waals surface area (Å²) in [7, 11) is 0. The van der Waals surface area contributed by atoms with E-state index in [4.69, 9.17) is 6.42 Å². The molecule has 1 aliphatic rings. The van der Waals surface area contributed by atoms with Gasteiger partial charge in [-0.3, -0.25) is 9.36 Å². The summed E-state index contributed by atoms with van der Waals surface area (Å²) in [6, 6.07) is 14.0. The molecule has 0 unspecified atom stereocenters. The van der Waals surface area contributed by atoms with Crippen molar-refractivity contribution in [3.8, 4) is 18.0 Å². The Labute approximate surface area is 148 Å². The molecule has 0 spiro atoms. The molecule has 2 heteroatoms. The molecule has 1 heterocycles. The van der Waals surface area contributed by atoms with E-state index >= 15 is 0 Å². The lowest BCUT2D eigenvalue weighted by atomic mass is 9.93. The van der Waals surface area contributed by atoms with Gasteiger partial charge in [0.1, 0.15) is 0 Å². The van der Waals surface area contributed by atoms with E-state index in [1.54, 1.807) is 0 Å². The van der Waals surface area contributed by atoms with Crippen LogP contribution in [-0.2, 0) is 19.3 Å². The van der Waals surface area contributed by atoms with Crippen LogP contribution in [0.15, 0.2) is 47.3 Å². The van der Waals surface area contributed by atoms with Crippen LogP contribution in [0.2, 0.25) is 0 Å². The fourth-order valence-corrected chi connectivity index (χ4v) is 4.16. The van der Waals surface area contributed by atoms with Crippen LogP contribution in [0.1, 0.15) is 42.1 Å². The average molecular weight is 327 g/mol. The Kier molecular flexibility index (Phi) is 3.93. The first-order valence-corrected chi connectivity index (χ1v) is 9.00. The predicted molar refractivity (Wildman–Crippen MR) is 104 cm³/mol. The van der Waals surface area contributed by atoms with Gasteiger partial charge in [-0.1, -0.05) is 37.1 Å². The van der Waals surface area contributed by atoms with Gasteiger partial charge in [0, 0.05) is 16.9 Å². The predicted octanol–water partition coefficient (Wildman–Crippen LogP) is 4.41. The largest absolute Gasteiger partial charge is 0.280 e. The first-order valence-electron chi connectivity index (χ1n) is 9.00. The van der Waals surface area contributed by atoms with Gasteiger partial charge in [-0.05, 0) is 66.8 Å². The molecule has 1 aliphatic carbocycles. The molecule has 25 heavy (non-hydrogen) atoms. The maximum absolute atomic E-state index is 13.5. The number of aromatic nitrogens is 1. The van der Waals surface area contributed by atoms with Crippen molar-refractivity contribution in [1.82, 2.24) is 4.57 Å². The summed E-state index contributed by atoms with van der Waals surface area (Å²) in [4.78, 5) is 13.5. The molecule has 0 atom stereocenters. The van der Waals surface area contributed by atoms with Crippen LogP contribution in [0.4, 0.5) is 0 Å². The van der Waals surface area contributed by atoms with Crippen LogP contribution in [0.5, 0.6) is 0 Å². The number of para-hydroxylation sites is 1. The minimum atomic E-state index is 0.0125. The van der Waals surface area contributed by atoms with Crippen molar-refractivity contribution >= 4 is 10.8 Å². The SMILES string of the molecule is C#Cc1ccc2c3c(c(CC)n(-c4ccccc4)c(=O)c13)CCCC2. The number of rotatable bonds is 2. The topological polar surface area (TPSA) is 22.0 Å². The van der Waals surface area contributed by atoms with Gasteiger partial charge in [-0.2, -0.15) is 0 Å². The molecule has 4 rings (SSSR count). The highest BCUT2D eigenvalue weighted by Gasteiger charge is 2.22. The van der Waals surface area contributed by atoms with E-state index < -0.39 is 0 Å². The van der Waals surface area contributed by atoms with Crippen LogP contribution in [-0.4, -0.2) is 4.57 Å². The van der Waals surface area contributed by atoms with Gasteiger partial charge >= 0.3 is 0 Å². The Morgan fingerprint density at radius 1 is 1.04 bits per heavy atom. The maximum Gasteiger partial charge on any atom is 0.264 e. The van der Waals surface area contributed by atoms with Crippen LogP contribution < -0.4 is 5.56 Å². The van der Waals surface area contributed by atoms with E-state index in [1.165, 1.54) is 11.1 Å². The van der Waals surface area contributed by atoms with E-state index in [0.29, 0.717) is 5.56 Å². The Bertz CT molecular complexity index is 1050. The minimum Gasteiger partial charge on any atom is -0.280 e. The lowest BCUT2D eigenvalue weighted by Gasteiger charge is -2.20. The number of aryl methyl sites for hydroxylation is 2.